The number of carbonyl (C=O) groups excluding carboxylic acids is 1. The van der Waals surface area contributed by atoms with E-state index in [-0.39, 0.29) is 30.6 Å². The van der Waals surface area contributed by atoms with E-state index in [1.165, 1.54) is 0 Å². The lowest BCUT2D eigenvalue weighted by molar-refractivity contribution is -0.121. The molecule has 6 heteroatoms. The summed E-state index contributed by atoms with van der Waals surface area (Å²) in [4.78, 5) is 11.8. The first kappa shape index (κ1) is 16.9. The van der Waals surface area contributed by atoms with Crippen LogP contribution in [0.25, 0.3) is 0 Å². The number of hydrogen-bond donors (Lipinski definition) is 2. The molecule has 0 aliphatic carbocycles. The summed E-state index contributed by atoms with van der Waals surface area (Å²) in [5, 5.41) is 5.39. The fraction of sp³-hybridized carbons (Fsp3) is 0.235. The summed E-state index contributed by atoms with van der Waals surface area (Å²) in [5.41, 5.74) is 0.799. The predicted octanol–water partition coefficient (Wildman–Crippen LogP) is 3.78. The Kier molecular flexibility index (Phi) is 5.62. The van der Waals surface area contributed by atoms with E-state index in [4.69, 9.17) is 0 Å². The van der Waals surface area contributed by atoms with E-state index in [1.807, 2.05) is 37.3 Å². The highest BCUT2D eigenvalue weighted by Crippen LogP contribution is 2.19. The van der Waals surface area contributed by atoms with Crippen LogP contribution in [0.15, 0.2) is 42.5 Å². The smallest absolute Gasteiger partial charge is 0.222 e. The van der Waals surface area contributed by atoms with E-state index < -0.39 is 17.5 Å². The molecule has 0 bridgehead atoms. The Labute approximate surface area is 132 Å². The Bertz CT molecular complexity index is 677. The monoisotopic (exact) mass is 322 g/mol. The zero-order valence-electron chi connectivity index (χ0n) is 12.6. The van der Waals surface area contributed by atoms with Gasteiger partial charge >= 0.3 is 0 Å². The van der Waals surface area contributed by atoms with E-state index in [0.29, 0.717) is 0 Å². The van der Waals surface area contributed by atoms with Gasteiger partial charge in [0.1, 0.15) is 0 Å². The van der Waals surface area contributed by atoms with Crippen molar-refractivity contribution in [3.05, 3.63) is 65.5 Å². The van der Waals surface area contributed by atoms with Gasteiger partial charge < -0.3 is 10.6 Å². The summed E-state index contributed by atoms with van der Waals surface area (Å²) in [6.45, 7) is 1.96. The third-order valence-electron chi connectivity index (χ3n) is 3.38. The van der Waals surface area contributed by atoms with Crippen LogP contribution in [-0.2, 0) is 4.79 Å². The highest BCUT2D eigenvalue weighted by molar-refractivity contribution is 5.77. The summed E-state index contributed by atoms with van der Waals surface area (Å²) in [6, 6.07) is 11.2. The molecule has 0 radical (unpaired) electrons. The first-order chi connectivity index (χ1) is 11.0. The molecule has 3 nitrogen and oxygen atoms in total. The number of benzene rings is 2. The quantitative estimate of drug-likeness (QED) is 0.795. The lowest BCUT2D eigenvalue weighted by atomic mass is 10.1. The molecule has 2 aromatic carbocycles. The Morgan fingerprint density at radius 1 is 1.04 bits per heavy atom. The number of nitrogens with one attached hydrogen (secondary N) is 2. The van der Waals surface area contributed by atoms with Crippen molar-refractivity contribution in [2.45, 2.75) is 19.4 Å². The van der Waals surface area contributed by atoms with Gasteiger partial charge in [-0.3, -0.25) is 4.79 Å². The Balaban J connectivity index is 1.82. The molecule has 0 saturated carbocycles. The third kappa shape index (κ3) is 4.48. The van der Waals surface area contributed by atoms with Crippen molar-refractivity contribution in [3.8, 4) is 0 Å². The lowest BCUT2D eigenvalue weighted by Crippen LogP contribution is -2.28. The molecule has 0 aliphatic rings. The minimum atomic E-state index is -1.53. The van der Waals surface area contributed by atoms with Crippen LogP contribution in [-0.4, -0.2) is 12.5 Å². The Morgan fingerprint density at radius 3 is 2.43 bits per heavy atom. The van der Waals surface area contributed by atoms with Crippen molar-refractivity contribution >= 4 is 11.6 Å². The molecule has 0 spiro atoms. The summed E-state index contributed by atoms with van der Waals surface area (Å²) in [6.07, 6.45) is 0.0790. The van der Waals surface area contributed by atoms with E-state index in [2.05, 4.69) is 10.6 Å². The van der Waals surface area contributed by atoms with E-state index in [9.17, 15) is 18.0 Å². The van der Waals surface area contributed by atoms with E-state index in [0.717, 1.165) is 17.7 Å². The first-order valence-corrected chi connectivity index (χ1v) is 7.20. The largest absolute Gasteiger partial charge is 0.382 e. The molecular formula is C17H17F3N2O. The highest BCUT2D eigenvalue weighted by atomic mass is 19.2. The van der Waals surface area contributed by atoms with E-state index >= 15 is 0 Å². The molecule has 0 heterocycles. The van der Waals surface area contributed by atoms with Gasteiger partial charge in [-0.05, 0) is 24.6 Å². The van der Waals surface area contributed by atoms with Crippen LogP contribution < -0.4 is 10.6 Å². The third-order valence-corrected chi connectivity index (χ3v) is 3.38. The number of halogens is 3. The number of hydrogen-bond acceptors (Lipinski definition) is 2. The Hall–Kier alpha value is -2.50. The number of rotatable bonds is 6. The zero-order valence-corrected chi connectivity index (χ0v) is 12.6. The molecule has 0 saturated heterocycles. The second kappa shape index (κ2) is 7.67. The first-order valence-electron chi connectivity index (χ1n) is 7.20. The predicted molar refractivity (Wildman–Crippen MR) is 82.4 cm³/mol. The summed E-state index contributed by atoms with van der Waals surface area (Å²) in [5.74, 6) is -4.29. The van der Waals surface area contributed by atoms with Crippen molar-refractivity contribution in [2.75, 3.05) is 11.9 Å². The standard InChI is InChI=1S/C17H17F3N2O/c1-11(12-5-3-2-4-6-12)22-15(23)9-10-21-14-8-7-13(18)16(19)17(14)20/h2-8,11,21H,9-10H2,1H3,(H,22,23). The van der Waals surface area contributed by atoms with Gasteiger partial charge in [0.15, 0.2) is 17.5 Å². The molecule has 2 rings (SSSR count). The van der Waals surface area contributed by atoms with Gasteiger partial charge in [-0.15, -0.1) is 0 Å². The minimum Gasteiger partial charge on any atom is -0.382 e. The molecule has 0 fully saturated rings. The second-order valence-electron chi connectivity index (χ2n) is 5.10. The van der Waals surface area contributed by atoms with Crippen molar-refractivity contribution in [1.82, 2.24) is 5.32 Å². The van der Waals surface area contributed by atoms with Crippen LogP contribution in [0.2, 0.25) is 0 Å². The molecule has 1 atom stereocenters. The summed E-state index contributed by atoms with van der Waals surface area (Å²) in [7, 11) is 0. The van der Waals surface area contributed by atoms with Crippen LogP contribution in [0.1, 0.15) is 24.9 Å². The van der Waals surface area contributed by atoms with Crippen LogP contribution in [0.5, 0.6) is 0 Å². The summed E-state index contributed by atoms with van der Waals surface area (Å²) >= 11 is 0. The molecule has 2 aromatic rings. The fourth-order valence-corrected chi connectivity index (χ4v) is 2.11. The van der Waals surface area contributed by atoms with Gasteiger partial charge in [0, 0.05) is 13.0 Å². The lowest BCUT2D eigenvalue weighted by Gasteiger charge is -2.14. The van der Waals surface area contributed by atoms with E-state index in [1.54, 1.807) is 0 Å². The average Bonchev–Trinajstić information content (AvgIpc) is 2.55. The molecule has 1 amide bonds. The maximum absolute atomic E-state index is 13.4. The molecular weight excluding hydrogens is 305 g/mol. The molecule has 0 aliphatic heterocycles. The maximum atomic E-state index is 13.4. The number of carbonyl (C=O) groups is 1. The maximum Gasteiger partial charge on any atom is 0.222 e. The minimum absolute atomic E-state index is 0.0790. The van der Waals surface area contributed by atoms with Crippen molar-refractivity contribution in [1.29, 1.82) is 0 Å². The summed E-state index contributed by atoms with van der Waals surface area (Å²) < 4.78 is 39.3. The molecule has 23 heavy (non-hydrogen) atoms. The van der Waals surface area contributed by atoms with Crippen LogP contribution in [0.4, 0.5) is 18.9 Å². The van der Waals surface area contributed by atoms with Crippen LogP contribution >= 0.6 is 0 Å². The normalized spacial score (nSPS) is 11.8. The van der Waals surface area contributed by atoms with Gasteiger partial charge in [0.25, 0.3) is 0 Å². The van der Waals surface area contributed by atoms with Crippen LogP contribution in [0, 0.1) is 17.5 Å². The van der Waals surface area contributed by atoms with Crippen molar-refractivity contribution < 1.29 is 18.0 Å². The second-order valence-corrected chi connectivity index (χ2v) is 5.10. The number of amides is 1. The molecule has 0 aromatic heterocycles. The molecule has 2 N–H and O–H groups in total. The van der Waals surface area contributed by atoms with Gasteiger partial charge in [-0.25, -0.2) is 13.2 Å². The Morgan fingerprint density at radius 2 is 1.74 bits per heavy atom. The highest BCUT2D eigenvalue weighted by Gasteiger charge is 2.13. The van der Waals surface area contributed by atoms with Gasteiger partial charge in [0.2, 0.25) is 5.91 Å². The molecule has 122 valence electrons. The molecule has 1 unspecified atom stereocenters. The van der Waals surface area contributed by atoms with Crippen molar-refractivity contribution in [3.63, 3.8) is 0 Å². The van der Waals surface area contributed by atoms with Crippen LogP contribution in [0.3, 0.4) is 0 Å². The average molecular weight is 322 g/mol. The zero-order chi connectivity index (χ0) is 16.8. The fourth-order valence-electron chi connectivity index (χ4n) is 2.11. The number of anilines is 1. The van der Waals surface area contributed by atoms with Gasteiger partial charge in [-0.2, -0.15) is 0 Å². The topological polar surface area (TPSA) is 41.1 Å². The SMILES string of the molecule is CC(NC(=O)CCNc1ccc(F)c(F)c1F)c1ccccc1. The van der Waals surface area contributed by atoms with Gasteiger partial charge in [0.05, 0.1) is 11.7 Å². The van der Waals surface area contributed by atoms with Crippen molar-refractivity contribution in [2.24, 2.45) is 0 Å². The van der Waals surface area contributed by atoms with Gasteiger partial charge in [-0.1, -0.05) is 30.3 Å².